The van der Waals surface area contributed by atoms with Gasteiger partial charge in [0.1, 0.15) is 6.10 Å². The number of halogens is 3. The number of ether oxygens (including phenoxy) is 1. The van der Waals surface area contributed by atoms with E-state index in [1.54, 1.807) is 4.90 Å². The maximum absolute atomic E-state index is 12.6. The van der Waals surface area contributed by atoms with Gasteiger partial charge in [-0.25, -0.2) is 0 Å². The number of hydrogen-bond acceptors (Lipinski definition) is 2. The first-order valence-electron chi connectivity index (χ1n) is 8.50. The fourth-order valence-electron chi connectivity index (χ4n) is 3.55. The molecule has 2 aliphatic rings. The third-order valence-corrected chi connectivity index (χ3v) is 4.97. The van der Waals surface area contributed by atoms with Crippen molar-refractivity contribution < 1.29 is 22.7 Å². The van der Waals surface area contributed by atoms with Crippen molar-refractivity contribution in [3.8, 4) is 0 Å². The van der Waals surface area contributed by atoms with Gasteiger partial charge in [0.15, 0.2) is 0 Å². The summed E-state index contributed by atoms with van der Waals surface area (Å²) in [6.45, 7) is 1.39. The minimum atomic E-state index is -4.34. The topological polar surface area (TPSA) is 29.5 Å². The molecule has 3 rings (SSSR count). The third-order valence-electron chi connectivity index (χ3n) is 4.97. The van der Waals surface area contributed by atoms with Gasteiger partial charge in [0.2, 0.25) is 5.91 Å². The molecular formula is C18H22F3NO2. The van der Waals surface area contributed by atoms with Crippen LogP contribution in [0.25, 0.3) is 0 Å². The van der Waals surface area contributed by atoms with Gasteiger partial charge in [-0.2, -0.15) is 13.2 Å². The van der Waals surface area contributed by atoms with E-state index in [0.717, 1.165) is 25.0 Å². The average Bonchev–Trinajstić information content (AvgIpc) is 3.07. The van der Waals surface area contributed by atoms with Gasteiger partial charge in [0.25, 0.3) is 0 Å². The Morgan fingerprint density at radius 2 is 1.83 bits per heavy atom. The molecule has 1 unspecified atom stereocenters. The molecule has 1 atom stereocenters. The van der Waals surface area contributed by atoms with Gasteiger partial charge >= 0.3 is 6.18 Å². The van der Waals surface area contributed by atoms with Crippen LogP contribution in [-0.2, 0) is 15.7 Å². The first-order valence-corrected chi connectivity index (χ1v) is 8.50. The highest BCUT2D eigenvalue weighted by Crippen LogP contribution is 2.32. The Labute approximate surface area is 139 Å². The number of carbonyl (C=O) groups excluding carboxylic acids is 1. The molecule has 1 aromatic carbocycles. The number of rotatable bonds is 3. The summed E-state index contributed by atoms with van der Waals surface area (Å²) in [6.07, 6.45) is 0.546. The zero-order chi connectivity index (χ0) is 17.2. The second-order valence-electron chi connectivity index (χ2n) is 6.67. The van der Waals surface area contributed by atoms with Crippen LogP contribution in [0.2, 0.25) is 0 Å². The molecule has 0 aromatic heterocycles. The largest absolute Gasteiger partial charge is 0.416 e. The Hall–Kier alpha value is -1.56. The van der Waals surface area contributed by atoms with E-state index >= 15 is 0 Å². The molecule has 0 bridgehead atoms. The molecule has 24 heavy (non-hydrogen) atoms. The molecule has 1 aliphatic heterocycles. The van der Waals surface area contributed by atoms with Crippen LogP contribution < -0.4 is 0 Å². The smallest absolute Gasteiger partial charge is 0.370 e. The van der Waals surface area contributed by atoms with Crippen LogP contribution in [0, 0.1) is 5.92 Å². The Kier molecular flexibility index (Phi) is 5.13. The second kappa shape index (κ2) is 7.13. The zero-order valence-corrected chi connectivity index (χ0v) is 13.5. The SMILES string of the molecule is O=C(CC1CCCC1)N1CCOC(c2ccc(C(F)(F)F)cc2)C1. The molecule has 132 valence electrons. The second-order valence-corrected chi connectivity index (χ2v) is 6.67. The summed E-state index contributed by atoms with van der Waals surface area (Å²) in [5, 5.41) is 0. The van der Waals surface area contributed by atoms with Gasteiger partial charge in [-0.3, -0.25) is 4.79 Å². The van der Waals surface area contributed by atoms with Crippen molar-refractivity contribution in [3.63, 3.8) is 0 Å². The molecule has 0 radical (unpaired) electrons. The highest BCUT2D eigenvalue weighted by atomic mass is 19.4. The van der Waals surface area contributed by atoms with Gasteiger partial charge in [0, 0.05) is 13.0 Å². The number of benzene rings is 1. The molecule has 0 N–H and O–H groups in total. The van der Waals surface area contributed by atoms with E-state index in [-0.39, 0.29) is 12.0 Å². The Balaban J connectivity index is 1.61. The predicted octanol–water partition coefficient (Wildman–Crippen LogP) is 4.19. The minimum absolute atomic E-state index is 0.141. The molecule has 1 amide bonds. The van der Waals surface area contributed by atoms with Gasteiger partial charge in [0.05, 0.1) is 18.7 Å². The number of alkyl halides is 3. The molecular weight excluding hydrogens is 319 g/mol. The van der Waals surface area contributed by atoms with Gasteiger partial charge < -0.3 is 9.64 Å². The van der Waals surface area contributed by atoms with E-state index in [1.807, 2.05) is 0 Å². The lowest BCUT2D eigenvalue weighted by Crippen LogP contribution is -2.42. The van der Waals surface area contributed by atoms with Crippen molar-refractivity contribution in [3.05, 3.63) is 35.4 Å². The molecule has 1 saturated heterocycles. The number of carbonyl (C=O) groups is 1. The number of nitrogens with zero attached hydrogens (tertiary/aromatic N) is 1. The molecule has 6 heteroatoms. The van der Waals surface area contributed by atoms with Crippen LogP contribution >= 0.6 is 0 Å². The van der Waals surface area contributed by atoms with E-state index in [1.165, 1.54) is 25.0 Å². The highest BCUT2D eigenvalue weighted by molar-refractivity contribution is 5.76. The Bertz CT molecular complexity index is 565. The summed E-state index contributed by atoms with van der Waals surface area (Å²) in [7, 11) is 0. The number of amides is 1. The van der Waals surface area contributed by atoms with Crippen LogP contribution in [0.15, 0.2) is 24.3 Å². The standard InChI is InChI=1S/C18H22F3NO2/c19-18(20,21)15-7-5-14(6-8-15)16-12-22(9-10-24-16)17(23)11-13-3-1-2-4-13/h5-8,13,16H,1-4,9-12H2. The fraction of sp³-hybridized carbons (Fsp3) is 0.611. The minimum Gasteiger partial charge on any atom is -0.370 e. The van der Waals surface area contributed by atoms with E-state index < -0.39 is 11.7 Å². The number of hydrogen-bond donors (Lipinski definition) is 0. The molecule has 1 saturated carbocycles. The van der Waals surface area contributed by atoms with Crippen LogP contribution in [-0.4, -0.2) is 30.5 Å². The predicted molar refractivity (Wildman–Crippen MR) is 83.3 cm³/mol. The monoisotopic (exact) mass is 341 g/mol. The lowest BCUT2D eigenvalue weighted by atomic mass is 10.0. The van der Waals surface area contributed by atoms with Crippen LogP contribution in [0.1, 0.15) is 49.3 Å². The summed E-state index contributed by atoms with van der Waals surface area (Å²) >= 11 is 0. The first kappa shape index (κ1) is 17.3. The Morgan fingerprint density at radius 3 is 2.46 bits per heavy atom. The molecule has 1 aliphatic carbocycles. The van der Waals surface area contributed by atoms with Crippen LogP contribution in [0.4, 0.5) is 13.2 Å². The fourth-order valence-corrected chi connectivity index (χ4v) is 3.55. The van der Waals surface area contributed by atoms with Gasteiger partial charge in [-0.1, -0.05) is 25.0 Å². The van der Waals surface area contributed by atoms with E-state index in [0.29, 0.717) is 37.6 Å². The van der Waals surface area contributed by atoms with Crippen molar-refractivity contribution in [2.45, 2.75) is 44.4 Å². The molecule has 1 aromatic rings. The van der Waals surface area contributed by atoms with E-state index in [9.17, 15) is 18.0 Å². The quantitative estimate of drug-likeness (QED) is 0.825. The summed E-state index contributed by atoms with van der Waals surface area (Å²) in [5.41, 5.74) is 0.0117. The normalized spacial score (nSPS) is 22.8. The van der Waals surface area contributed by atoms with Crippen molar-refractivity contribution in [1.29, 1.82) is 0 Å². The summed E-state index contributed by atoms with van der Waals surface area (Å²) < 4.78 is 43.6. The summed E-state index contributed by atoms with van der Waals surface area (Å²) in [4.78, 5) is 14.2. The molecule has 2 fully saturated rings. The Morgan fingerprint density at radius 1 is 1.17 bits per heavy atom. The van der Waals surface area contributed by atoms with Crippen LogP contribution in [0.3, 0.4) is 0 Å². The highest BCUT2D eigenvalue weighted by Gasteiger charge is 2.31. The maximum Gasteiger partial charge on any atom is 0.416 e. The zero-order valence-electron chi connectivity index (χ0n) is 13.5. The summed E-state index contributed by atoms with van der Waals surface area (Å²) in [5.74, 6) is 0.631. The van der Waals surface area contributed by atoms with Crippen molar-refractivity contribution >= 4 is 5.91 Å². The van der Waals surface area contributed by atoms with E-state index in [4.69, 9.17) is 4.74 Å². The lowest BCUT2D eigenvalue weighted by Gasteiger charge is -2.34. The average molecular weight is 341 g/mol. The van der Waals surface area contributed by atoms with Gasteiger partial charge in [-0.15, -0.1) is 0 Å². The van der Waals surface area contributed by atoms with Crippen molar-refractivity contribution in [2.24, 2.45) is 5.92 Å². The first-order chi connectivity index (χ1) is 11.4. The van der Waals surface area contributed by atoms with Gasteiger partial charge in [-0.05, 0) is 36.5 Å². The summed E-state index contributed by atoms with van der Waals surface area (Å²) in [6, 6.07) is 5.02. The molecule has 3 nitrogen and oxygen atoms in total. The van der Waals surface area contributed by atoms with Crippen LogP contribution in [0.5, 0.6) is 0 Å². The third kappa shape index (κ3) is 4.09. The maximum atomic E-state index is 12.6. The van der Waals surface area contributed by atoms with E-state index in [2.05, 4.69) is 0 Å². The molecule has 1 heterocycles. The number of morpholine rings is 1. The van der Waals surface area contributed by atoms with Crippen molar-refractivity contribution in [1.82, 2.24) is 4.90 Å². The molecule has 0 spiro atoms. The lowest BCUT2D eigenvalue weighted by molar-refractivity contribution is -0.140. The van der Waals surface area contributed by atoms with Crippen molar-refractivity contribution in [2.75, 3.05) is 19.7 Å².